The highest BCUT2D eigenvalue weighted by Gasteiger charge is 2.08. The summed E-state index contributed by atoms with van der Waals surface area (Å²) in [6.45, 7) is 0. The van der Waals surface area contributed by atoms with Gasteiger partial charge in [0.2, 0.25) is 6.29 Å². The van der Waals surface area contributed by atoms with Crippen molar-refractivity contribution in [3.63, 3.8) is 0 Å². The van der Waals surface area contributed by atoms with Gasteiger partial charge in [-0.3, -0.25) is 4.79 Å². The van der Waals surface area contributed by atoms with Gasteiger partial charge in [-0.25, -0.2) is 0 Å². The van der Waals surface area contributed by atoms with Crippen LogP contribution in [0.1, 0.15) is 5.56 Å². The van der Waals surface area contributed by atoms with Gasteiger partial charge in [0, 0.05) is 12.0 Å². The van der Waals surface area contributed by atoms with E-state index in [4.69, 9.17) is 9.15 Å². The first-order chi connectivity index (χ1) is 6.86. The highest BCUT2D eigenvalue weighted by molar-refractivity contribution is 5.88. The average molecular weight is 189 g/mol. The standard InChI is InChI=1S/C11H9O3/c1-13-10-3-2-8(4-6-12)11-9(10)5-7-14-11/h2-3,5,7H,4H2,1H3. The molecule has 0 saturated carbocycles. The van der Waals surface area contributed by atoms with E-state index < -0.39 is 0 Å². The Balaban J connectivity index is 2.65. The molecule has 0 amide bonds. The summed E-state index contributed by atoms with van der Waals surface area (Å²) in [5.74, 6) is 0.753. The molecule has 2 rings (SSSR count). The maximum absolute atomic E-state index is 10.3. The molecule has 0 fully saturated rings. The first-order valence-electron chi connectivity index (χ1n) is 4.25. The number of carbonyl (C=O) groups excluding carboxylic acids is 1. The first kappa shape index (κ1) is 8.81. The smallest absolute Gasteiger partial charge is 0.203 e. The molecule has 0 unspecified atom stereocenters. The summed E-state index contributed by atoms with van der Waals surface area (Å²) in [6, 6.07) is 5.46. The fourth-order valence-electron chi connectivity index (χ4n) is 1.49. The summed E-state index contributed by atoms with van der Waals surface area (Å²) >= 11 is 0. The van der Waals surface area contributed by atoms with E-state index in [2.05, 4.69) is 0 Å². The average Bonchev–Trinajstić information content (AvgIpc) is 2.67. The molecule has 3 nitrogen and oxygen atoms in total. The zero-order valence-corrected chi connectivity index (χ0v) is 7.74. The van der Waals surface area contributed by atoms with E-state index in [-0.39, 0.29) is 6.42 Å². The van der Waals surface area contributed by atoms with Gasteiger partial charge in [-0.2, -0.15) is 0 Å². The monoisotopic (exact) mass is 189 g/mol. The number of fused-ring (bicyclic) bond motifs is 1. The molecule has 0 saturated heterocycles. The van der Waals surface area contributed by atoms with Crippen molar-refractivity contribution in [1.29, 1.82) is 0 Å². The molecule has 1 aromatic carbocycles. The molecule has 1 heterocycles. The van der Waals surface area contributed by atoms with Crippen molar-refractivity contribution in [3.8, 4) is 5.75 Å². The largest absolute Gasteiger partial charge is 0.496 e. The van der Waals surface area contributed by atoms with Crippen molar-refractivity contribution in [2.75, 3.05) is 7.11 Å². The van der Waals surface area contributed by atoms with Crippen molar-refractivity contribution >= 4 is 17.3 Å². The first-order valence-corrected chi connectivity index (χ1v) is 4.25. The Hall–Kier alpha value is -1.77. The quantitative estimate of drug-likeness (QED) is 0.742. The lowest BCUT2D eigenvalue weighted by atomic mass is 10.1. The highest BCUT2D eigenvalue weighted by atomic mass is 16.5. The second-order valence-corrected chi connectivity index (χ2v) is 2.91. The molecule has 14 heavy (non-hydrogen) atoms. The van der Waals surface area contributed by atoms with Crippen LogP contribution in [-0.4, -0.2) is 13.4 Å². The van der Waals surface area contributed by atoms with Crippen LogP contribution in [-0.2, 0) is 11.2 Å². The third-order valence-corrected chi connectivity index (χ3v) is 2.14. The molecular formula is C11H9O3. The van der Waals surface area contributed by atoms with Crippen molar-refractivity contribution in [2.24, 2.45) is 0 Å². The molecule has 0 bridgehead atoms. The van der Waals surface area contributed by atoms with Gasteiger partial charge >= 0.3 is 0 Å². The normalized spacial score (nSPS) is 10.4. The van der Waals surface area contributed by atoms with Crippen LogP contribution in [0.25, 0.3) is 11.0 Å². The Morgan fingerprint density at radius 1 is 1.43 bits per heavy atom. The van der Waals surface area contributed by atoms with E-state index in [0.29, 0.717) is 5.58 Å². The molecule has 1 aromatic heterocycles. The molecular weight excluding hydrogens is 180 g/mol. The Morgan fingerprint density at radius 2 is 2.29 bits per heavy atom. The molecule has 71 valence electrons. The van der Waals surface area contributed by atoms with E-state index in [1.807, 2.05) is 24.5 Å². The second-order valence-electron chi connectivity index (χ2n) is 2.91. The Morgan fingerprint density at radius 3 is 3.00 bits per heavy atom. The van der Waals surface area contributed by atoms with Crippen LogP contribution in [0.2, 0.25) is 0 Å². The van der Waals surface area contributed by atoms with Crippen molar-refractivity contribution in [2.45, 2.75) is 6.42 Å². The van der Waals surface area contributed by atoms with Crippen LogP contribution >= 0.6 is 0 Å². The van der Waals surface area contributed by atoms with Gasteiger partial charge in [-0.1, -0.05) is 6.07 Å². The third-order valence-electron chi connectivity index (χ3n) is 2.14. The van der Waals surface area contributed by atoms with Gasteiger partial charge < -0.3 is 9.15 Å². The van der Waals surface area contributed by atoms with Crippen LogP contribution in [0.5, 0.6) is 5.75 Å². The van der Waals surface area contributed by atoms with E-state index in [1.54, 1.807) is 13.4 Å². The number of ether oxygens (including phenoxy) is 1. The number of rotatable bonds is 3. The number of methoxy groups -OCH3 is 1. The topological polar surface area (TPSA) is 39.4 Å². The Kier molecular flexibility index (Phi) is 2.23. The maximum atomic E-state index is 10.3. The molecule has 0 aliphatic rings. The van der Waals surface area contributed by atoms with Crippen LogP contribution in [0.4, 0.5) is 0 Å². The third kappa shape index (κ3) is 1.27. The summed E-state index contributed by atoms with van der Waals surface area (Å²) in [4.78, 5) is 10.3. The van der Waals surface area contributed by atoms with E-state index >= 15 is 0 Å². The molecule has 0 aliphatic carbocycles. The SMILES string of the molecule is COc1ccc(C[C]=O)c2occc12. The second kappa shape index (κ2) is 3.54. The van der Waals surface area contributed by atoms with E-state index in [0.717, 1.165) is 16.7 Å². The summed E-state index contributed by atoms with van der Waals surface area (Å²) in [5.41, 5.74) is 1.54. The van der Waals surface area contributed by atoms with Crippen LogP contribution in [0.3, 0.4) is 0 Å². The van der Waals surface area contributed by atoms with Crippen molar-refractivity contribution in [1.82, 2.24) is 0 Å². The van der Waals surface area contributed by atoms with Gasteiger partial charge in [-0.15, -0.1) is 0 Å². The van der Waals surface area contributed by atoms with Gasteiger partial charge in [0.15, 0.2) is 0 Å². The molecule has 0 atom stereocenters. The fourth-order valence-corrected chi connectivity index (χ4v) is 1.49. The van der Waals surface area contributed by atoms with Gasteiger partial charge in [0.1, 0.15) is 11.3 Å². The van der Waals surface area contributed by atoms with Gasteiger partial charge in [0.25, 0.3) is 0 Å². The number of hydrogen-bond acceptors (Lipinski definition) is 3. The number of hydrogen-bond donors (Lipinski definition) is 0. The molecule has 3 heteroatoms. The highest BCUT2D eigenvalue weighted by Crippen LogP contribution is 2.29. The van der Waals surface area contributed by atoms with Crippen molar-refractivity contribution < 1.29 is 13.9 Å². The maximum Gasteiger partial charge on any atom is 0.203 e. The Labute approximate surface area is 81.3 Å². The van der Waals surface area contributed by atoms with E-state index in [1.165, 1.54) is 0 Å². The molecule has 2 aromatic rings. The lowest BCUT2D eigenvalue weighted by molar-refractivity contribution is 0.419. The summed E-state index contributed by atoms with van der Waals surface area (Å²) < 4.78 is 10.4. The minimum absolute atomic E-state index is 0.244. The minimum atomic E-state index is 0.244. The zero-order chi connectivity index (χ0) is 9.97. The minimum Gasteiger partial charge on any atom is -0.496 e. The van der Waals surface area contributed by atoms with Gasteiger partial charge in [-0.05, 0) is 12.1 Å². The number of benzene rings is 1. The Bertz CT molecular complexity index is 457. The molecule has 0 spiro atoms. The molecule has 0 N–H and O–H groups in total. The lowest BCUT2D eigenvalue weighted by Crippen LogP contribution is -1.89. The zero-order valence-electron chi connectivity index (χ0n) is 7.74. The van der Waals surface area contributed by atoms with Crippen LogP contribution in [0.15, 0.2) is 28.9 Å². The van der Waals surface area contributed by atoms with Crippen LogP contribution < -0.4 is 4.74 Å². The fraction of sp³-hybridized carbons (Fsp3) is 0.182. The van der Waals surface area contributed by atoms with Crippen molar-refractivity contribution in [3.05, 3.63) is 30.0 Å². The predicted molar refractivity (Wildman–Crippen MR) is 52.2 cm³/mol. The molecule has 1 radical (unpaired) electrons. The summed E-state index contributed by atoms with van der Waals surface area (Å²) in [7, 11) is 1.60. The van der Waals surface area contributed by atoms with Gasteiger partial charge in [0.05, 0.1) is 18.8 Å². The lowest BCUT2D eigenvalue weighted by Gasteiger charge is -2.02. The summed E-state index contributed by atoms with van der Waals surface area (Å²) in [5, 5.41) is 0.889. The number of furan rings is 1. The van der Waals surface area contributed by atoms with E-state index in [9.17, 15) is 4.79 Å². The van der Waals surface area contributed by atoms with Crippen LogP contribution in [0, 0.1) is 0 Å². The summed E-state index contributed by atoms with van der Waals surface area (Å²) in [6.07, 6.45) is 3.68. The predicted octanol–water partition coefficient (Wildman–Crippen LogP) is 2.09. The molecule has 0 aliphatic heterocycles.